The van der Waals surface area contributed by atoms with Crippen LogP contribution < -0.4 is 10.2 Å². The van der Waals surface area contributed by atoms with E-state index in [4.69, 9.17) is 0 Å². The van der Waals surface area contributed by atoms with Crippen molar-refractivity contribution >= 4 is 33.5 Å². The number of hydrogen-bond acceptors (Lipinski definition) is 6. The van der Waals surface area contributed by atoms with E-state index >= 15 is 0 Å². The number of benzene rings is 2. The van der Waals surface area contributed by atoms with Crippen LogP contribution in [-0.2, 0) is 26.2 Å². The Morgan fingerprint density at radius 2 is 1.77 bits per heavy atom. The molecule has 0 bridgehead atoms. The lowest BCUT2D eigenvalue weighted by atomic mass is 10.1. The minimum Gasteiger partial charge on any atom is -0.312 e. The predicted octanol–water partition coefficient (Wildman–Crippen LogP) is 2.35. The Hall–Kier alpha value is -3.57. The van der Waals surface area contributed by atoms with E-state index in [1.807, 2.05) is 30.3 Å². The van der Waals surface area contributed by atoms with Gasteiger partial charge in [0.1, 0.15) is 6.33 Å². The molecular weight excluding hydrogens is 468 g/mol. The number of hydrogen-bond donors (Lipinski definition) is 1. The Morgan fingerprint density at radius 3 is 2.43 bits per heavy atom. The summed E-state index contributed by atoms with van der Waals surface area (Å²) in [4.78, 5) is 31.2. The maximum Gasteiger partial charge on any atom is 0.248 e. The van der Waals surface area contributed by atoms with Crippen LogP contribution in [0.25, 0.3) is 0 Å². The molecule has 4 rings (SSSR count). The van der Waals surface area contributed by atoms with Crippen LogP contribution >= 0.6 is 0 Å². The van der Waals surface area contributed by atoms with Gasteiger partial charge in [0.15, 0.2) is 0 Å². The molecule has 3 aromatic rings. The monoisotopic (exact) mass is 496 g/mol. The summed E-state index contributed by atoms with van der Waals surface area (Å²) < 4.78 is 28.4. The van der Waals surface area contributed by atoms with Crippen LogP contribution in [0.1, 0.15) is 25.8 Å². The summed E-state index contributed by atoms with van der Waals surface area (Å²) >= 11 is 0. The average molecular weight is 497 g/mol. The number of aromatic nitrogens is 3. The van der Waals surface area contributed by atoms with Crippen LogP contribution in [0, 0.1) is 5.92 Å². The molecule has 10 nitrogen and oxygen atoms in total. The van der Waals surface area contributed by atoms with Gasteiger partial charge in [0.25, 0.3) is 0 Å². The average Bonchev–Trinajstić information content (AvgIpc) is 3.46. The fourth-order valence-corrected chi connectivity index (χ4v) is 5.51. The van der Waals surface area contributed by atoms with Gasteiger partial charge in [0, 0.05) is 31.7 Å². The van der Waals surface area contributed by atoms with Gasteiger partial charge in [-0.1, -0.05) is 44.2 Å². The van der Waals surface area contributed by atoms with Crippen molar-refractivity contribution < 1.29 is 18.0 Å². The van der Waals surface area contributed by atoms with Crippen molar-refractivity contribution in [1.82, 2.24) is 19.1 Å². The summed E-state index contributed by atoms with van der Waals surface area (Å²) in [5.41, 5.74) is 1.61. The van der Waals surface area contributed by atoms with Gasteiger partial charge in [-0.25, -0.2) is 18.1 Å². The molecule has 1 atom stereocenters. The Kier molecular flexibility index (Phi) is 7.27. The summed E-state index contributed by atoms with van der Waals surface area (Å²) in [7, 11) is -3.58. The number of carbonyl (C=O) groups is 2. The molecular formula is C24H28N6O4S. The second kappa shape index (κ2) is 10.4. The maximum absolute atomic E-state index is 12.8. The molecule has 0 aliphatic carbocycles. The lowest BCUT2D eigenvalue weighted by Crippen LogP contribution is -2.31. The van der Waals surface area contributed by atoms with E-state index in [1.54, 1.807) is 37.0 Å². The molecule has 2 amide bonds. The molecule has 0 radical (unpaired) electrons. The molecule has 2 aromatic carbocycles. The summed E-state index contributed by atoms with van der Waals surface area (Å²) in [5.74, 6) is -0.920. The summed E-state index contributed by atoms with van der Waals surface area (Å²) in [6.45, 7) is 5.04. The molecule has 1 unspecified atom stereocenters. The van der Waals surface area contributed by atoms with E-state index in [0.29, 0.717) is 25.3 Å². The van der Waals surface area contributed by atoms with Crippen molar-refractivity contribution in [2.24, 2.45) is 5.92 Å². The highest BCUT2D eigenvalue weighted by Crippen LogP contribution is 2.27. The first kappa shape index (κ1) is 24.6. The lowest BCUT2D eigenvalue weighted by molar-refractivity contribution is -0.122. The summed E-state index contributed by atoms with van der Waals surface area (Å²) in [5, 5.41) is 6.98. The smallest absolute Gasteiger partial charge is 0.248 e. The van der Waals surface area contributed by atoms with E-state index in [9.17, 15) is 18.0 Å². The fraction of sp³-hybridized carbons (Fsp3) is 0.333. The van der Waals surface area contributed by atoms with Gasteiger partial charge in [-0.3, -0.25) is 14.9 Å². The number of amides is 2. The van der Waals surface area contributed by atoms with E-state index in [1.165, 1.54) is 21.3 Å². The third-order valence-electron chi connectivity index (χ3n) is 5.95. The SMILES string of the molecule is CCN(CC)S(=O)(=O)c1ccc(N2CC(C(=O)Nc3ncn(Cc4ccccc4)n3)CC2=O)cc1. The van der Waals surface area contributed by atoms with Crippen molar-refractivity contribution in [2.45, 2.75) is 31.7 Å². The lowest BCUT2D eigenvalue weighted by Gasteiger charge is -2.20. The zero-order valence-corrected chi connectivity index (χ0v) is 20.5. The number of nitrogens with one attached hydrogen (secondary N) is 1. The molecule has 35 heavy (non-hydrogen) atoms. The minimum atomic E-state index is -3.58. The normalized spacial score (nSPS) is 16.1. The van der Waals surface area contributed by atoms with Gasteiger partial charge >= 0.3 is 0 Å². The number of nitrogens with zero attached hydrogens (tertiary/aromatic N) is 5. The highest BCUT2D eigenvalue weighted by molar-refractivity contribution is 7.89. The molecule has 11 heteroatoms. The van der Waals surface area contributed by atoms with Crippen LogP contribution in [-0.4, -0.2) is 58.9 Å². The van der Waals surface area contributed by atoms with Crippen LogP contribution in [0.5, 0.6) is 0 Å². The van der Waals surface area contributed by atoms with E-state index in [-0.39, 0.29) is 35.6 Å². The van der Waals surface area contributed by atoms with E-state index in [0.717, 1.165) is 5.56 Å². The Bertz CT molecular complexity index is 1290. The molecule has 1 N–H and O–H groups in total. The first-order valence-corrected chi connectivity index (χ1v) is 12.9. The third-order valence-corrected chi connectivity index (χ3v) is 8.01. The number of sulfonamides is 1. The second-order valence-electron chi connectivity index (χ2n) is 8.23. The predicted molar refractivity (Wildman–Crippen MR) is 131 cm³/mol. The highest BCUT2D eigenvalue weighted by atomic mass is 32.2. The molecule has 1 saturated heterocycles. The van der Waals surface area contributed by atoms with E-state index < -0.39 is 15.9 Å². The van der Waals surface area contributed by atoms with Crippen molar-refractivity contribution in [3.63, 3.8) is 0 Å². The first-order chi connectivity index (χ1) is 16.8. The Morgan fingerprint density at radius 1 is 1.09 bits per heavy atom. The van der Waals surface area contributed by atoms with Gasteiger partial charge in [0.05, 0.1) is 17.4 Å². The molecule has 1 aromatic heterocycles. The zero-order valence-electron chi connectivity index (χ0n) is 19.7. The number of anilines is 2. The van der Waals surface area contributed by atoms with Gasteiger partial charge in [-0.15, -0.1) is 5.10 Å². The van der Waals surface area contributed by atoms with Gasteiger partial charge in [0.2, 0.25) is 27.8 Å². The molecule has 184 valence electrons. The largest absolute Gasteiger partial charge is 0.312 e. The first-order valence-electron chi connectivity index (χ1n) is 11.5. The quantitative estimate of drug-likeness (QED) is 0.486. The van der Waals surface area contributed by atoms with Crippen molar-refractivity contribution in [1.29, 1.82) is 0 Å². The Balaban J connectivity index is 1.38. The van der Waals surface area contributed by atoms with Crippen molar-refractivity contribution in [3.8, 4) is 0 Å². The number of carbonyl (C=O) groups excluding carboxylic acids is 2. The van der Waals surface area contributed by atoms with Crippen LogP contribution in [0.4, 0.5) is 11.6 Å². The van der Waals surface area contributed by atoms with Gasteiger partial charge in [-0.05, 0) is 29.8 Å². The molecule has 0 saturated carbocycles. The molecule has 2 heterocycles. The fourth-order valence-electron chi connectivity index (χ4n) is 4.05. The highest BCUT2D eigenvalue weighted by Gasteiger charge is 2.35. The molecule has 0 spiro atoms. The maximum atomic E-state index is 12.8. The summed E-state index contributed by atoms with van der Waals surface area (Å²) in [6.07, 6.45) is 1.60. The zero-order chi connectivity index (χ0) is 25.0. The van der Waals surface area contributed by atoms with Crippen molar-refractivity contribution in [2.75, 3.05) is 29.9 Å². The topological polar surface area (TPSA) is 118 Å². The van der Waals surface area contributed by atoms with Crippen LogP contribution in [0.3, 0.4) is 0 Å². The van der Waals surface area contributed by atoms with E-state index in [2.05, 4.69) is 15.4 Å². The molecule has 1 aliphatic rings. The van der Waals surface area contributed by atoms with Crippen LogP contribution in [0.15, 0.2) is 65.8 Å². The minimum absolute atomic E-state index is 0.0516. The number of rotatable bonds is 9. The van der Waals surface area contributed by atoms with Crippen molar-refractivity contribution in [3.05, 3.63) is 66.5 Å². The molecule has 1 fully saturated rings. The summed E-state index contributed by atoms with van der Waals surface area (Å²) in [6, 6.07) is 16.0. The molecule has 1 aliphatic heterocycles. The van der Waals surface area contributed by atoms with Gasteiger partial charge in [-0.2, -0.15) is 4.31 Å². The second-order valence-corrected chi connectivity index (χ2v) is 10.2. The van der Waals surface area contributed by atoms with Crippen LogP contribution in [0.2, 0.25) is 0 Å². The third kappa shape index (κ3) is 5.41. The Labute approximate surface area is 204 Å². The standard InChI is InChI=1S/C24H28N6O4S/c1-3-29(4-2)35(33,34)21-12-10-20(11-13-21)30-16-19(14-22(30)31)23(32)26-24-25-17-28(27-24)15-18-8-6-5-7-9-18/h5-13,17,19H,3-4,14-16H2,1-2H3,(H,26,27,32). The van der Waals surface area contributed by atoms with Gasteiger partial charge < -0.3 is 4.90 Å².